The molecule has 1 N–H and O–H groups in total. The standard InChI is InChI=1S/C15H18Cl2N2O2/c1-4-19-13(15(17)9(2)18-19)8-21-14-6-5-11(10(3)20)7-12(14)16/h5-7,10,20H,4,8H2,1-3H3/t10-/m0/s1. The molecule has 4 nitrogen and oxygen atoms in total. The van der Waals surface area contributed by atoms with Crippen molar-refractivity contribution in [3.05, 3.63) is 45.2 Å². The molecular formula is C15H18Cl2N2O2. The molecule has 21 heavy (non-hydrogen) atoms. The third-order valence-electron chi connectivity index (χ3n) is 3.26. The predicted molar refractivity (Wildman–Crippen MR) is 84.1 cm³/mol. The van der Waals surface area contributed by atoms with Crippen molar-refractivity contribution in [2.24, 2.45) is 0 Å². The fourth-order valence-electron chi connectivity index (χ4n) is 2.05. The molecule has 1 heterocycles. The molecule has 2 aromatic rings. The molecule has 6 heteroatoms. The lowest BCUT2D eigenvalue weighted by Gasteiger charge is -2.12. The van der Waals surface area contributed by atoms with Crippen molar-refractivity contribution in [3.8, 4) is 5.75 Å². The first-order chi connectivity index (χ1) is 9.93. The molecule has 0 spiro atoms. The fraction of sp³-hybridized carbons (Fsp3) is 0.400. The van der Waals surface area contributed by atoms with Crippen molar-refractivity contribution < 1.29 is 9.84 Å². The maximum Gasteiger partial charge on any atom is 0.138 e. The first-order valence-electron chi connectivity index (χ1n) is 6.76. The summed E-state index contributed by atoms with van der Waals surface area (Å²) in [6.07, 6.45) is -0.560. The molecule has 1 aromatic heterocycles. The average Bonchev–Trinajstić information content (AvgIpc) is 2.72. The Labute approximate surface area is 134 Å². The van der Waals surface area contributed by atoms with E-state index in [1.54, 1.807) is 25.1 Å². The molecule has 0 saturated carbocycles. The van der Waals surface area contributed by atoms with Gasteiger partial charge in [0.1, 0.15) is 12.4 Å². The monoisotopic (exact) mass is 328 g/mol. The Kier molecular flexibility index (Phi) is 5.14. The summed E-state index contributed by atoms with van der Waals surface area (Å²) in [6, 6.07) is 5.24. The summed E-state index contributed by atoms with van der Waals surface area (Å²) in [5.74, 6) is 0.554. The summed E-state index contributed by atoms with van der Waals surface area (Å²) in [4.78, 5) is 0. The Bertz CT molecular complexity index is 639. The van der Waals surface area contributed by atoms with E-state index >= 15 is 0 Å². The van der Waals surface area contributed by atoms with Crippen LogP contribution in [0.2, 0.25) is 10.0 Å². The molecule has 0 aliphatic carbocycles. The van der Waals surface area contributed by atoms with Crippen LogP contribution in [0.4, 0.5) is 0 Å². The maximum atomic E-state index is 9.53. The van der Waals surface area contributed by atoms with E-state index in [9.17, 15) is 5.11 Å². The second-order valence-corrected chi connectivity index (χ2v) is 5.60. The Morgan fingerprint density at radius 2 is 2.10 bits per heavy atom. The normalized spacial score (nSPS) is 12.5. The molecule has 1 aromatic carbocycles. The number of ether oxygens (including phenoxy) is 1. The molecule has 114 valence electrons. The van der Waals surface area contributed by atoms with E-state index in [4.69, 9.17) is 27.9 Å². The van der Waals surface area contributed by atoms with Gasteiger partial charge < -0.3 is 9.84 Å². The number of halogens is 2. The van der Waals surface area contributed by atoms with E-state index in [2.05, 4.69) is 5.10 Å². The SMILES string of the molecule is CCn1nc(C)c(Cl)c1COc1ccc([C@H](C)O)cc1Cl. The summed E-state index contributed by atoms with van der Waals surface area (Å²) in [7, 11) is 0. The summed E-state index contributed by atoms with van der Waals surface area (Å²) >= 11 is 12.4. The van der Waals surface area contributed by atoms with Gasteiger partial charge in [0.15, 0.2) is 0 Å². The minimum atomic E-state index is -0.560. The predicted octanol–water partition coefficient (Wildman–Crippen LogP) is 4.15. The Hall–Kier alpha value is -1.23. The molecule has 0 saturated heterocycles. The lowest BCUT2D eigenvalue weighted by molar-refractivity contribution is 0.199. The minimum Gasteiger partial charge on any atom is -0.486 e. The van der Waals surface area contributed by atoms with Gasteiger partial charge in [-0.05, 0) is 38.5 Å². The molecule has 1 atom stereocenters. The maximum absolute atomic E-state index is 9.53. The zero-order valence-corrected chi connectivity index (χ0v) is 13.7. The number of benzene rings is 1. The van der Waals surface area contributed by atoms with Gasteiger partial charge in [0.2, 0.25) is 0 Å². The number of aliphatic hydroxyl groups excluding tert-OH is 1. The Balaban J connectivity index is 2.17. The van der Waals surface area contributed by atoms with Gasteiger partial charge in [-0.1, -0.05) is 29.3 Å². The van der Waals surface area contributed by atoms with Gasteiger partial charge in [0.25, 0.3) is 0 Å². The van der Waals surface area contributed by atoms with E-state index in [1.165, 1.54) is 0 Å². The van der Waals surface area contributed by atoms with Crippen LogP contribution in [0.5, 0.6) is 5.75 Å². The Morgan fingerprint density at radius 3 is 2.67 bits per heavy atom. The van der Waals surface area contributed by atoms with Crippen molar-refractivity contribution in [1.82, 2.24) is 9.78 Å². The van der Waals surface area contributed by atoms with Crippen LogP contribution in [0.3, 0.4) is 0 Å². The summed E-state index contributed by atoms with van der Waals surface area (Å²) in [5, 5.41) is 14.9. The van der Waals surface area contributed by atoms with E-state index < -0.39 is 6.10 Å². The first kappa shape index (κ1) is 16.1. The van der Waals surface area contributed by atoms with Crippen LogP contribution in [0, 0.1) is 6.92 Å². The lowest BCUT2D eigenvalue weighted by atomic mass is 10.1. The van der Waals surface area contributed by atoms with Crippen molar-refractivity contribution in [2.45, 2.75) is 40.0 Å². The van der Waals surface area contributed by atoms with E-state index in [0.29, 0.717) is 22.4 Å². The molecule has 0 radical (unpaired) electrons. The summed E-state index contributed by atoms with van der Waals surface area (Å²) in [6.45, 7) is 6.57. The Morgan fingerprint density at radius 1 is 1.38 bits per heavy atom. The number of aromatic nitrogens is 2. The third kappa shape index (κ3) is 3.51. The van der Waals surface area contributed by atoms with Crippen molar-refractivity contribution in [3.63, 3.8) is 0 Å². The summed E-state index contributed by atoms with van der Waals surface area (Å²) < 4.78 is 7.55. The van der Waals surface area contributed by atoms with Gasteiger partial charge in [0, 0.05) is 6.54 Å². The van der Waals surface area contributed by atoms with Crippen LogP contribution in [-0.4, -0.2) is 14.9 Å². The van der Waals surface area contributed by atoms with Crippen LogP contribution in [-0.2, 0) is 13.2 Å². The number of aryl methyl sites for hydroxylation is 2. The average molecular weight is 329 g/mol. The van der Waals surface area contributed by atoms with Gasteiger partial charge in [-0.25, -0.2) is 0 Å². The lowest BCUT2D eigenvalue weighted by Crippen LogP contribution is -2.07. The molecule has 0 unspecified atom stereocenters. The quantitative estimate of drug-likeness (QED) is 0.896. The largest absolute Gasteiger partial charge is 0.486 e. The van der Waals surface area contributed by atoms with Gasteiger partial charge in [-0.2, -0.15) is 5.10 Å². The first-order valence-corrected chi connectivity index (χ1v) is 7.51. The van der Waals surface area contributed by atoms with Gasteiger partial charge in [0.05, 0.1) is 27.5 Å². The molecule has 0 aliphatic rings. The smallest absolute Gasteiger partial charge is 0.138 e. The zero-order valence-electron chi connectivity index (χ0n) is 12.2. The second-order valence-electron chi connectivity index (χ2n) is 4.82. The van der Waals surface area contributed by atoms with Crippen LogP contribution in [0.25, 0.3) is 0 Å². The zero-order chi connectivity index (χ0) is 15.6. The van der Waals surface area contributed by atoms with E-state index in [1.807, 2.05) is 18.5 Å². The number of hydrogen-bond donors (Lipinski definition) is 1. The van der Waals surface area contributed by atoms with Crippen molar-refractivity contribution in [1.29, 1.82) is 0 Å². The van der Waals surface area contributed by atoms with Gasteiger partial charge in [-0.3, -0.25) is 4.68 Å². The second kappa shape index (κ2) is 6.69. The number of hydrogen-bond acceptors (Lipinski definition) is 3. The number of aliphatic hydroxyl groups is 1. The number of rotatable bonds is 5. The number of nitrogens with zero attached hydrogens (tertiary/aromatic N) is 2. The van der Waals surface area contributed by atoms with E-state index in [-0.39, 0.29) is 0 Å². The van der Waals surface area contributed by atoms with Crippen LogP contribution >= 0.6 is 23.2 Å². The fourth-order valence-corrected chi connectivity index (χ4v) is 2.48. The molecule has 0 bridgehead atoms. The molecule has 0 amide bonds. The summed E-state index contributed by atoms with van der Waals surface area (Å²) in [5.41, 5.74) is 2.36. The van der Waals surface area contributed by atoms with Crippen LogP contribution < -0.4 is 4.74 Å². The molecular weight excluding hydrogens is 311 g/mol. The highest BCUT2D eigenvalue weighted by Crippen LogP contribution is 2.29. The van der Waals surface area contributed by atoms with Crippen molar-refractivity contribution >= 4 is 23.2 Å². The van der Waals surface area contributed by atoms with E-state index in [0.717, 1.165) is 23.5 Å². The molecule has 0 fully saturated rings. The molecule has 2 rings (SSSR count). The van der Waals surface area contributed by atoms with Crippen LogP contribution in [0.15, 0.2) is 18.2 Å². The van der Waals surface area contributed by atoms with Gasteiger partial charge in [-0.15, -0.1) is 0 Å². The highest BCUT2D eigenvalue weighted by atomic mass is 35.5. The van der Waals surface area contributed by atoms with Gasteiger partial charge >= 0.3 is 0 Å². The topological polar surface area (TPSA) is 47.3 Å². The molecule has 0 aliphatic heterocycles. The minimum absolute atomic E-state index is 0.293. The highest BCUT2D eigenvalue weighted by molar-refractivity contribution is 6.32. The van der Waals surface area contributed by atoms with Crippen molar-refractivity contribution in [2.75, 3.05) is 0 Å². The third-order valence-corrected chi connectivity index (χ3v) is 4.04. The highest BCUT2D eigenvalue weighted by Gasteiger charge is 2.14. The van der Waals surface area contributed by atoms with Crippen LogP contribution in [0.1, 0.15) is 36.9 Å².